The van der Waals surface area contributed by atoms with Crippen LogP contribution < -0.4 is 11.1 Å². The fourth-order valence-corrected chi connectivity index (χ4v) is 2.30. The van der Waals surface area contributed by atoms with Gasteiger partial charge in [0, 0.05) is 18.2 Å². The van der Waals surface area contributed by atoms with Gasteiger partial charge in [0.2, 0.25) is 0 Å². The summed E-state index contributed by atoms with van der Waals surface area (Å²) >= 11 is 0. The third-order valence-electron chi connectivity index (χ3n) is 3.50. The topological polar surface area (TPSA) is 68.0 Å². The number of amides is 1. The lowest BCUT2D eigenvalue weighted by atomic mass is 10.1. The van der Waals surface area contributed by atoms with Crippen LogP contribution in [0.4, 0.5) is 10.2 Å². The first-order chi connectivity index (χ1) is 9.66. The molecule has 3 N–H and O–H groups in total. The second kappa shape index (κ2) is 4.92. The summed E-state index contributed by atoms with van der Waals surface area (Å²) < 4.78 is 13.7. The van der Waals surface area contributed by atoms with Crippen LogP contribution >= 0.6 is 0 Å². The van der Waals surface area contributed by atoms with Crippen LogP contribution in [0.2, 0.25) is 0 Å². The van der Waals surface area contributed by atoms with E-state index < -0.39 is 11.7 Å². The number of aromatic nitrogens is 1. The highest BCUT2D eigenvalue weighted by atomic mass is 19.1. The molecule has 1 amide bonds. The summed E-state index contributed by atoms with van der Waals surface area (Å²) in [6.07, 6.45) is 2.20. The Bertz CT molecular complexity index is 645. The second-order valence-corrected chi connectivity index (χ2v) is 4.89. The molecule has 3 rings (SSSR count). The van der Waals surface area contributed by atoms with E-state index in [1.165, 1.54) is 17.8 Å². The van der Waals surface area contributed by atoms with Gasteiger partial charge in [0.15, 0.2) is 11.6 Å². The van der Waals surface area contributed by atoms with Crippen molar-refractivity contribution in [2.24, 2.45) is 0 Å². The lowest BCUT2D eigenvalue weighted by molar-refractivity contribution is 0.0946. The third kappa shape index (κ3) is 2.34. The van der Waals surface area contributed by atoms with Gasteiger partial charge in [-0.2, -0.15) is 0 Å². The van der Waals surface area contributed by atoms with Crippen LogP contribution in [0, 0.1) is 5.82 Å². The van der Waals surface area contributed by atoms with Crippen LogP contribution in [0.1, 0.15) is 28.3 Å². The summed E-state index contributed by atoms with van der Waals surface area (Å²) in [6, 6.07) is 11.3. The molecule has 0 radical (unpaired) electrons. The van der Waals surface area contributed by atoms with E-state index >= 15 is 0 Å². The highest BCUT2D eigenvalue weighted by Gasteiger charge is 2.39. The van der Waals surface area contributed by atoms with Gasteiger partial charge >= 0.3 is 0 Å². The number of carbonyl (C=O) groups is 1. The average Bonchev–Trinajstić information content (AvgIpc) is 3.22. The van der Waals surface area contributed by atoms with Crippen LogP contribution in [0.25, 0.3) is 0 Å². The molecule has 0 saturated heterocycles. The summed E-state index contributed by atoms with van der Waals surface area (Å²) in [4.78, 5) is 15.6. The number of benzene rings is 1. The van der Waals surface area contributed by atoms with E-state index in [1.807, 2.05) is 30.3 Å². The molecule has 2 aromatic rings. The molecule has 2 unspecified atom stereocenters. The zero-order chi connectivity index (χ0) is 14.1. The minimum absolute atomic E-state index is 0.0543. The Morgan fingerprint density at radius 3 is 2.80 bits per heavy atom. The molecule has 1 aromatic heterocycles. The van der Waals surface area contributed by atoms with Gasteiger partial charge in [-0.25, -0.2) is 9.37 Å². The minimum atomic E-state index is -0.762. The molecule has 0 spiro atoms. The van der Waals surface area contributed by atoms with E-state index in [9.17, 15) is 9.18 Å². The fraction of sp³-hybridized carbons (Fsp3) is 0.200. The van der Waals surface area contributed by atoms with Gasteiger partial charge in [-0.05, 0) is 18.1 Å². The largest absolute Gasteiger partial charge is 0.381 e. The molecule has 1 aliphatic rings. The van der Waals surface area contributed by atoms with Crippen molar-refractivity contribution in [3.63, 3.8) is 0 Å². The van der Waals surface area contributed by atoms with Crippen molar-refractivity contribution in [1.82, 2.24) is 10.3 Å². The van der Waals surface area contributed by atoms with Crippen molar-refractivity contribution in [1.29, 1.82) is 0 Å². The van der Waals surface area contributed by atoms with E-state index in [0.717, 1.165) is 6.42 Å². The van der Waals surface area contributed by atoms with Crippen molar-refractivity contribution in [2.75, 3.05) is 5.73 Å². The molecule has 2 atom stereocenters. The van der Waals surface area contributed by atoms with Gasteiger partial charge in [-0.3, -0.25) is 4.79 Å². The Morgan fingerprint density at radius 2 is 2.05 bits per heavy atom. The number of halogens is 1. The number of hydrogen-bond acceptors (Lipinski definition) is 3. The van der Waals surface area contributed by atoms with Crippen LogP contribution in [-0.4, -0.2) is 16.9 Å². The van der Waals surface area contributed by atoms with Gasteiger partial charge in [-0.1, -0.05) is 30.3 Å². The first-order valence-electron chi connectivity index (χ1n) is 6.42. The molecule has 1 heterocycles. The fourth-order valence-electron chi connectivity index (χ4n) is 2.30. The number of nitrogen functional groups attached to an aromatic ring is 1. The monoisotopic (exact) mass is 271 g/mol. The summed E-state index contributed by atoms with van der Waals surface area (Å²) in [5.41, 5.74) is 6.49. The SMILES string of the molecule is Nc1nccc(C(=O)NC2CC2c2ccccc2)c1F. The minimum Gasteiger partial charge on any atom is -0.381 e. The van der Waals surface area contributed by atoms with Crippen LogP contribution in [0.15, 0.2) is 42.6 Å². The Kier molecular flexibility index (Phi) is 3.10. The highest BCUT2D eigenvalue weighted by Crippen LogP contribution is 2.40. The molecule has 1 saturated carbocycles. The Hall–Kier alpha value is -2.43. The molecule has 1 fully saturated rings. The number of rotatable bonds is 3. The molecule has 5 heteroatoms. The molecule has 20 heavy (non-hydrogen) atoms. The maximum atomic E-state index is 13.7. The summed E-state index contributed by atoms with van der Waals surface area (Å²) in [5, 5.41) is 2.82. The zero-order valence-corrected chi connectivity index (χ0v) is 10.7. The van der Waals surface area contributed by atoms with Gasteiger partial charge in [-0.15, -0.1) is 0 Å². The molecule has 1 aromatic carbocycles. The van der Waals surface area contributed by atoms with Gasteiger partial charge in [0.25, 0.3) is 5.91 Å². The third-order valence-corrected chi connectivity index (χ3v) is 3.50. The van der Waals surface area contributed by atoms with Gasteiger partial charge in [0.05, 0.1) is 5.56 Å². The molecular formula is C15H14FN3O. The number of anilines is 1. The summed E-state index contributed by atoms with van der Waals surface area (Å²) in [7, 11) is 0. The van der Waals surface area contributed by atoms with E-state index in [-0.39, 0.29) is 17.4 Å². The predicted octanol–water partition coefficient (Wildman–Crippen LogP) is 2.09. The summed E-state index contributed by atoms with van der Waals surface area (Å²) in [5.74, 6) is -1.16. The lowest BCUT2D eigenvalue weighted by Gasteiger charge is -2.06. The Morgan fingerprint density at radius 1 is 1.30 bits per heavy atom. The van der Waals surface area contributed by atoms with Crippen LogP contribution in [-0.2, 0) is 0 Å². The Balaban J connectivity index is 1.68. The number of nitrogens with one attached hydrogen (secondary N) is 1. The van der Waals surface area contributed by atoms with Crippen molar-refractivity contribution in [3.8, 4) is 0 Å². The molecule has 1 aliphatic carbocycles. The zero-order valence-electron chi connectivity index (χ0n) is 10.7. The maximum absolute atomic E-state index is 13.7. The smallest absolute Gasteiger partial charge is 0.254 e. The molecule has 0 aliphatic heterocycles. The highest BCUT2D eigenvalue weighted by molar-refractivity contribution is 5.95. The predicted molar refractivity (Wildman–Crippen MR) is 73.7 cm³/mol. The first-order valence-corrected chi connectivity index (χ1v) is 6.42. The molecule has 102 valence electrons. The van der Waals surface area contributed by atoms with Crippen molar-refractivity contribution in [3.05, 3.63) is 59.5 Å². The molecular weight excluding hydrogens is 257 g/mol. The van der Waals surface area contributed by atoms with Crippen LogP contribution in [0.5, 0.6) is 0 Å². The van der Waals surface area contributed by atoms with Gasteiger partial charge in [0.1, 0.15) is 0 Å². The standard InChI is InChI=1S/C15H14FN3O/c16-13-10(6-7-18-14(13)17)15(20)19-12-8-11(12)9-4-2-1-3-5-9/h1-7,11-12H,8H2,(H2,17,18)(H,19,20). The number of hydrogen-bond donors (Lipinski definition) is 2. The number of pyridine rings is 1. The van der Waals surface area contributed by atoms with E-state index in [2.05, 4.69) is 10.3 Å². The molecule has 4 nitrogen and oxygen atoms in total. The molecule has 0 bridgehead atoms. The van der Waals surface area contributed by atoms with Crippen molar-refractivity contribution in [2.45, 2.75) is 18.4 Å². The number of nitrogens with two attached hydrogens (primary N) is 1. The van der Waals surface area contributed by atoms with Crippen LogP contribution in [0.3, 0.4) is 0 Å². The maximum Gasteiger partial charge on any atom is 0.254 e. The first kappa shape index (κ1) is 12.6. The van der Waals surface area contributed by atoms with E-state index in [0.29, 0.717) is 5.92 Å². The second-order valence-electron chi connectivity index (χ2n) is 4.89. The number of carbonyl (C=O) groups excluding carboxylic acids is 1. The summed E-state index contributed by atoms with van der Waals surface area (Å²) in [6.45, 7) is 0. The number of nitrogens with zero attached hydrogens (tertiary/aromatic N) is 1. The average molecular weight is 271 g/mol. The quantitative estimate of drug-likeness (QED) is 0.898. The Labute approximate surface area is 115 Å². The van der Waals surface area contributed by atoms with Crippen molar-refractivity contribution < 1.29 is 9.18 Å². The van der Waals surface area contributed by atoms with E-state index in [1.54, 1.807) is 0 Å². The van der Waals surface area contributed by atoms with Gasteiger partial charge < -0.3 is 11.1 Å². The van der Waals surface area contributed by atoms with E-state index in [4.69, 9.17) is 5.73 Å². The normalized spacial score (nSPS) is 20.4. The van der Waals surface area contributed by atoms with Crippen molar-refractivity contribution >= 4 is 11.7 Å². The lowest BCUT2D eigenvalue weighted by Crippen LogP contribution is -2.27.